The Kier molecular flexibility index (Phi) is 5.57. The molecule has 1 heterocycles. The predicted molar refractivity (Wildman–Crippen MR) is 113 cm³/mol. The molecule has 1 unspecified atom stereocenters. The average molecular weight is 407 g/mol. The average Bonchev–Trinajstić information content (AvgIpc) is 3.54. The van der Waals surface area contributed by atoms with Crippen molar-refractivity contribution in [2.24, 2.45) is 5.92 Å². The lowest BCUT2D eigenvalue weighted by molar-refractivity contribution is 0.0653. The van der Waals surface area contributed by atoms with E-state index in [0.29, 0.717) is 29.4 Å². The molecule has 6 heteroatoms. The Labute approximate surface area is 176 Å². The van der Waals surface area contributed by atoms with Crippen LogP contribution in [0.3, 0.4) is 0 Å². The molecule has 0 radical (unpaired) electrons. The number of nitrogens with zero attached hydrogens (tertiary/aromatic N) is 3. The molecule has 1 aliphatic carbocycles. The van der Waals surface area contributed by atoms with Gasteiger partial charge in [0.1, 0.15) is 17.3 Å². The Bertz CT molecular complexity index is 1040. The van der Waals surface area contributed by atoms with Crippen LogP contribution in [0.15, 0.2) is 54.7 Å². The maximum absolute atomic E-state index is 14.2. The van der Waals surface area contributed by atoms with Crippen molar-refractivity contribution >= 4 is 5.91 Å². The number of hydrogen-bond acceptors (Lipinski definition) is 3. The van der Waals surface area contributed by atoms with Gasteiger partial charge in [-0.05, 0) is 62.4 Å². The molecule has 1 atom stereocenters. The quantitative estimate of drug-likeness (QED) is 0.567. The standard InChI is InChI=1S/C24H26FN3O2/c1-16(19-10-11-19)27(15-18-8-12-20(30-3)13-9-18)24(29)21-14-26-28(17(21)2)23-7-5-4-6-22(23)25/h4-9,12-14,16,19H,10-11,15H2,1-3H3. The van der Waals surface area contributed by atoms with E-state index in [9.17, 15) is 9.18 Å². The molecule has 4 rings (SSSR count). The number of halogens is 1. The van der Waals surface area contributed by atoms with Gasteiger partial charge in [0, 0.05) is 12.6 Å². The smallest absolute Gasteiger partial charge is 0.257 e. The fraction of sp³-hybridized carbons (Fsp3) is 0.333. The third-order valence-electron chi connectivity index (χ3n) is 5.89. The van der Waals surface area contributed by atoms with Crippen LogP contribution in [0.4, 0.5) is 4.39 Å². The molecule has 0 aliphatic heterocycles. The Morgan fingerprint density at radius 3 is 2.57 bits per heavy atom. The van der Waals surface area contributed by atoms with Gasteiger partial charge in [-0.25, -0.2) is 9.07 Å². The van der Waals surface area contributed by atoms with Gasteiger partial charge in [-0.3, -0.25) is 4.79 Å². The molecule has 1 fully saturated rings. The van der Waals surface area contributed by atoms with Gasteiger partial charge in [-0.2, -0.15) is 5.10 Å². The van der Waals surface area contributed by atoms with Crippen molar-refractivity contribution < 1.29 is 13.9 Å². The molecule has 0 spiro atoms. The fourth-order valence-corrected chi connectivity index (χ4v) is 3.80. The Morgan fingerprint density at radius 2 is 1.93 bits per heavy atom. The summed E-state index contributed by atoms with van der Waals surface area (Å²) in [5.41, 5.74) is 2.51. The molecule has 1 aliphatic rings. The van der Waals surface area contributed by atoms with E-state index in [0.717, 1.165) is 24.2 Å². The molecule has 5 nitrogen and oxygen atoms in total. The minimum atomic E-state index is -0.371. The van der Waals surface area contributed by atoms with E-state index in [-0.39, 0.29) is 17.8 Å². The number of rotatable bonds is 7. The van der Waals surface area contributed by atoms with Gasteiger partial charge in [-0.1, -0.05) is 24.3 Å². The van der Waals surface area contributed by atoms with Gasteiger partial charge in [0.05, 0.1) is 24.6 Å². The number of amides is 1. The summed E-state index contributed by atoms with van der Waals surface area (Å²) < 4.78 is 21.0. The monoisotopic (exact) mass is 407 g/mol. The minimum Gasteiger partial charge on any atom is -0.497 e. The van der Waals surface area contributed by atoms with Crippen molar-refractivity contribution in [2.45, 2.75) is 39.3 Å². The summed E-state index contributed by atoms with van der Waals surface area (Å²) in [7, 11) is 1.63. The highest BCUT2D eigenvalue weighted by atomic mass is 19.1. The highest BCUT2D eigenvalue weighted by Gasteiger charge is 2.35. The normalized spacial score (nSPS) is 14.4. The van der Waals surface area contributed by atoms with Crippen LogP contribution >= 0.6 is 0 Å². The van der Waals surface area contributed by atoms with E-state index in [1.54, 1.807) is 38.4 Å². The summed E-state index contributed by atoms with van der Waals surface area (Å²) in [6, 6.07) is 14.3. The van der Waals surface area contributed by atoms with Crippen LogP contribution in [-0.2, 0) is 6.54 Å². The molecular formula is C24H26FN3O2. The van der Waals surface area contributed by atoms with Crippen LogP contribution < -0.4 is 4.74 Å². The molecule has 1 aromatic heterocycles. The van der Waals surface area contributed by atoms with Gasteiger partial charge < -0.3 is 9.64 Å². The van der Waals surface area contributed by atoms with Gasteiger partial charge in [0.15, 0.2) is 0 Å². The molecule has 156 valence electrons. The van der Waals surface area contributed by atoms with Crippen LogP contribution in [-0.4, -0.2) is 33.7 Å². The largest absolute Gasteiger partial charge is 0.497 e. The van der Waals surface area contributed by atoms with E-state index in [2.05, 4.69) is 12.0 Å². The third kappa shape index (κ3) is 3.95. The van der Waals surface area contributed by atoms with Crippen LogP contribution in [0.1, 0.15) is 41.4 Å². The zero-order valence-electron chi connectivity index (χ0n) is 17.5. The van der Waals surface area contributed by atoms with Gasteiger partial charge in [-0.15, -0.1) is 0 Å². The molecule has 1 amide bonds. The Balaban J connectivity index is 1.64. The first-order valence-electron chi connectivity index (χ1n) is 10.2. The van der Waals surface area contributed by atoms with Gasteiger partial charge in [0.25, 0.3) is 5.91 Å². The summed E-state index contributed by atoms with van der Waals surface area (Å²) in [6.45, 7) is 4.42. The Morgan fingerprint density at radius 1 is 1.23 bits per heavy atom. The summed E-state index contributed by atoms with van der Waals surface area (Å²) >= 11 is 0. The summed E-state index contributed by atoms with van der Waals surface area (Å²) in [5, 5.41) is 4.31. The van der Waals surface area contributed by atoms with E-state index in [1.165, 1.54) is 10.7 Å². The summed E-state index contributed by atoms with van der Waals surface area (Å²) in [4.78, 5) is 15.5. The fourth-order valence-electron chi connectivity index (χ4n) is 3.80. The van der Waals surface area contributed by atoms with Crippen LogP contribution in [0.2, 0.25) is 0 Å². The number of hydrogen-bond donors (Lipinski definition) is 0. The molecule has 0 N–H and O–H groups in total. The lowest BCUT2D eigenvalue weighted by Crippen LogP contribution is -2.39. The van der Waals surface area contributed by atoms with E-state index in [4.69, 9.17) is 4.74 Å². The SMILES string of the molecule is COc1ccc(CN(C(=O)c2cnn(-c3ccccc3F)c2C)C(C)C2CC2)cc1. The maximum Gasteiger partial charge on any atom is 0.257 e. The maximum atomic E-state index is 14.2. The highest BCUT2D eigenvalue weighted by Crippen LogP contribution is 2.36. The first-order valence-corrected chi connectivity index (χ1v) is 10.2. The van der Waals surface area contributed by atoms with Gasteiger partial charge >= 0.3 is 0 Å². The predicted octanol–water partition coefficient (Wildman–Crippen LogP) is 4.77. The summed E-state index contributed by atoms with van der Waals surface area (Å²) in [5.74, 6) is 0.859. The molecule has 0 bridgehead atoms. The lowest BCUT2D eigenvalue weighted by Gasteiger charge is -2.29. The number of methoxy groups -OCH3 is 1. The number of carbonyl (C=O) groups excluding carboxylic acids is 1. The first kappa shape index (κ1) is 20.1. The van der Waals surface area contributed by atoms with Crippen molar-refractivity contribution in [3.05, 3.63) is 77.4 Å². The number of carbonyl (C=O) groups is 1. The zero-order chi connectivity index (χ0) is 21.3. The molecule has 3 aromatic rings. The van der Waals surface area contributed by atoms with E-state index < -0.39 is 0 Å². The second-order valence-corrected chi connectivity index (χ2v) is 7.87. The lowest BCUT2D eigenvalue weighted by atomic mass is 10.1. The van der Waals surface area contributed by atoms with Crippen LogP contribution in [0.25, 0.3) is 5.69 Å². The highest BCUT2D eigenvalue weighted by molar-refractivity contribution is 5.95. The second kappa shape index (κ2) is 8.30. The zero-order valence-corrected chi connectivity index (χ0v) is 17.5. The van der Waals surface area contributed by atoms with E-state index >= 15 is 0 Å². The van der Waals surface area contributed by atoms with Crippen LogP contribution in [0, 0.1) is 18.7 Å². The van der Waals surface area contributed by atoms with Crippen molar-refractivity contribution in [2.75, 3.05) is 7.11 Å². The topological polar surface area (TPSA) is 47.4 Å². The van der Waals surface area contributed by atoms with Crippen molar-refractivity contribution in [3.63, 3.8) is 0 Å². The number of aromatic nitrogens is 2. The molecule has 30 heavy (non-hydrogen) atoms. The second-order valence-electron chi connectivity index (χ2n) is 7.87. The first-order chi connectivity index (χ1) is 14.5. The third-order valence-corrected chi connectivity index (χ3v) is 5.89. The molecular weight excluding hydrogens is 381 g/mol. The van der Waals surface area contributed by atoms with Crippen molar-refractivity contribution in [3.8, 4) is 11.4 Å². The Hall–Kier alpha value is -3.15. The number of benzene rings is 2. The molecule has 1 saturated carbocycles. The minimum absolute atomic E-state index is 0.0784. The van der Waals surface area contributed by atoms with Crippen LogP contribution in [0.5, 0.6) is 5.75 Å². The van der Waals surface area contributed by atoms with E-state index in [1.807, 2.05) is 29.2 Å². The number of para-hydroxylation sites is 1. The van der Waals surface area contributed by atoms with Crippen molar-refractivity contribution in [1.82, 2.24) is 14.7 Å². The molecule has 0 saturated heterocycles. The molecule has 2 aromatic carbocycles. The summed E-state index contributed by atoms with van der Waals surface area (Å²) in [6.07, 6.45) is 3.83. The van der Waals surface area contributed by atoms with Gasteiger partial charge in [0.2, 0.25) is 0 Å². The van der Waals surface area contributed by atoms with Crippen molar-refractivity contribution in [1.29, 1.82) is 0 Å². The number of ether oxygens (including phenoxy) is 1.